The molecule has 1 heterocycles. The fourth-order valence-electron chi connectivity index (χ4n) is 3.52. The molecule has 2 aromatic rings. The quantitative estimate of drug-likeness (QED) is 0.443. The highest BCUT2D eigenvalue weighted by atomic mass is 32.2. The SMILES string of the molecule is CN=C(NCc1ccc(CN2CCCC2)cc1)NCc1ccccc1NS(C)(=O)=O. The third-order valence-electron chi connectivity index (χ3n) is 5.07. The topological polar surface area (TPSA) is 85.8 Å². The van der Waals surface area contributed by atoms with E-state index in [9.17, 15) is 8.42 Å². The molecule has 30 heavy (non-hydrogen) atoms. The largest absolute Gasteiger partial charge is 0.352 e. The molecule has 0 spiro atoms. The van der Waals surface area contributed by atoms with Gasteiger partial charge in [0.25, 0.3) is 0 Å². The Bertz CT molecular complexity index is 952. The van der Waals surface area contributed by atoms with Crippen molar-refractivity contribution in [1.29, 1.82) is 0 Å². The van der Waals surface area contributed by atoms with Gasteiger partial charge in [0.1, 0.15) is 0 Å². The van der Waals surface area contributed by atoms with Crippen molar-refractivity contribution in [1.82, 2.24) is 15.5 Å². The number of aliphatic imine (C=N–C) groups is 1. The van der Waals surface area contributed by atoms with Crippen molar-refractivity contribution < 1.29 is 8.42 Å². The van der Waals surface area contributed by atoms with E-state index in [0.29, 0.717) is 24.7 Å². The number of guanidine groups is 1. The molecule has 1 aliphatic heterocycles. The van der Waals surface area contributed by atoms with Crippen molar-refractivity contribution in [2.24, 2.45) is 4.99 Å². The van der Waals surface area contributed by atoms with E-state index in [1.165, 1.54) is 37.1 Å². The highest BCUT2D eigenvalue weighted by Gasteiger charge is 2.11. The number of anilines is 1. The minimum atomic E-state index is -3.33. The van der Waals surface area contributed by atoms with Crippen LogP contribution in [0.4, 0.5) is 5.69 Å². The molecule has 1 saturated heterocycles. The third kappa shape index (κ3) is 7.03. The van der Waals surface area contributed by atoms with Crippen LogP contribution in [0.15, 0.2) is 53.5 Å². The van der Waals surface area contributed by atoms with Gasteiger partial charge in [0.2, 0.25) is 10.0 Å². The average molecular weight is 430 g/mol. The zero-order valence-corrected chi connectivity index (χ0v) is 18.5. The Labute approximate surface area is 179 Å². The van der Waals surface area contributed by atoms with Gasteiger partial charge in [0.05, 0.1) is 11.9 Å². The molecular weight excluding hydrogens is 398 g/mol. The van der Waals surface area contributed by atoms with Gasteiger partial charge in [-0.1, -0.05) is 42.5 Å². The summed E-state index contributed by atoms with van der Waals surface area (Å²) in [7, 11) is -1.61. The van der Waals surface area contributed by atoms with Crippen LogP contribution < -0.4 is 15.4 Å². The maximum Gasteiger partial charge on any atom is 0.229 e. The predicted octanol–water partition coefficient (Wildman–Crippen LogP) is 2.52. The number of para-hydroxylation sites is 1. The Hall–Kier alpha value is -2.58. The highest BCUT2D eigenvalue weighted by molar-refractivity contribution is 7.92. The summed E-state index contributed by atoms with van der Waals surface area (Å²) in [6.45, 7) is 4.54. The van der Waals surface area contributed by atoms with E-state index in [1.54, 1.807) is 19.2 Å². The first kappa shape index (κ1) is 22.1. The molecule has 3 N–H and O–H groups in total. The van der Waals surface area contributed by atoms with E-state index in [1.807, 2.05) is 12.1 Å². The summed E-state index contributed by atoms with van der Waals surface area (Å²) < 4.78 is 25.7. The van der Waals surface area contributed by atoms with Gasteiger partial charge in [-0.25, -0.2) is 8.42 Å². The summed E-state index contributed by atoms with van der Waals surface area (Å²) in [5, 5.41) is 6.55. The monoisotopic (exact) mass is 429 g/mol. The van der Waals surface area contributed by atoms with Gasteiger partial charge >= 0.3 is 0 Å². The molecule has 0 atom stereocenters. The normalized spacial score (nSPS) is 15.2. The van der Waals surface area contributed by atoms with Crippen molar-refractivity contribution in [2.45, 2.75) is 32.5 Å². The Balaban J connectivity index is 1.50. The van der Waals surface area contributed by atoms with Crippen LogP contribution in [0, 0.1) is 0 Å². The van der Waals surface area contributed by atoms with Crippen LogP contribution in [0.5, 0.6) is 0 Å². The molecule has 0 unspecified atom stereocenters. The number of nitrogens with zero attached hydrogens (tertiary/aromatic N) is 2. The zero-order chi connectivity index (χ0) is 21.4. The molecule has 0 radical (unpaired) electrons. The number of hydrogen-bond acceptors (Lipinski definition) is 4. The second-order valence-corrected chi connectivity index (χ2v) is 9.36. The van der Waals surface area contributed by atoms with Crippen molar-refractivity contribution in [3.8, 4) is 0 Å². The molecule has 7 nitrogen and oxygen atoms in total. The molecule has 3 rings (SSSR count). The smallest absolute Gasteiger partial charge is 0.229 e. The predicted molar refractivity (Wildman–Crippen MR) is 123 cm³/mol. The average Bonchev–Trinajstić information content (AvgIpc) is 3.22. The van der Waals surface area contributed by atoms with Crippen molar-refractivity contribution in [3.05, 3.63) is 65.2 Å². The first-order chi connectivity index (χ1) is 14.4. The molecule has 0 aromatic heterocycles. The van der Waals surface area contributed by atoms with Crippen LogP contribution in [0.2, 0.25) is 0 Å². The van der Waals surface area contributed by atoms with Crippen LogP contribution in [-0.2, 0) is 29.7 Å². The molecule has 1 fully saturated rings. The molecule has 1 aliphatic rings. The first-order valence-corrected chi connectivity index (χ1v) is 12.1. The second-order valence-electron chi connectivity index (χ2n) is 7.61. The van der Waals surface area contributed by atoms with Gasteiger partial charge in [-0.2, -0.15) is 0 Å². The molecule has 162 valence electrons. The maximum absolute atomic E-state index is 11.6. The Morgan fingerprint density at radius 2 is 1.60 bits per heavy atom. The van der Waals surface area contributed by atoms with E-state index in [-0.39, 0.29) is 0 Å². The van der Waals surface area contributed by atoms with E-state index < -0.39 is 10.0 Å². The van der Waals surface area contributed by atoms with Gasteiger partial charge < -0.3 is 10.6 Å². The fraction of sp³-hybridized carbons (Fsp3) is 0.409. The number of nitrogens with one attached hydrogen (secondary N) is 3. The minimum Gasteiger partial charge on any atom is -0.352 e. The maximum atomic E-state index is 11.6. The van der Waals surface area contributed by atoms with Gasteiger partial charge in [-0.3, -0.25) is 14.6 Å². The lowest BCUT2D eigenvalue weighted by atomic mass is 10.1. The fourth-order valence-corrected chi connectivity index (χ4v) is 4.12. The summed E-state index contributed by atoms with van der Waals surface area (Å²) in [5.41, 5.74) is 3.94. The van der Waals surface area contributed by atoms with Crippen LogP contribution >= 0.6 is 0 Å². The highest BCUT2D eigenvalue weighted by Crippen LogP contribution is 2.16. The van der Waals surface area contributed by atoms with Crippen LogP contribution in [0.1, 0.15) is 29.5 Å². The molecular formula is C22H31N5O2S. The standard InChI is InChI=1S/C22H31N5O2S/c1-23-22(25-16-20-7-3-4-8-21(20)26-30(2,28)29)24-15-18-9-11-19(12-10-18)17-27-13-5-6-14-27/h3-4,7-12,26H,5-6,13-17H2,1-2H3,(H2,23,24,25). The molecule has 0 aliphatic carbocycles. The Kier molecular flexibility index (Phi) is 7.70. The number of sulfonamides is 1. The number of likely N-dealkylation sites (tertiary alicyclic amines) is 1. The van der Waals surface area contributed by atoms with Gasteiger partial charge in [0.15, 0.2) is 5.96 Å². The summed E-state index contributed by atoms with van der Waals surface area (Å²) >= 11 is 0. The molecule has 0 bridgehead atoms. The summed E-state index contributed by atoms with van der Waals surface area (Å²) in [4.78, 5) is 6.75. The van der Waals surface area contributed by atoms with Crippen LogP contribution in [-0.4, -0.2) is 45.7 Å². The zero-order valence-electron chi connectivity index (χ0n) is 17.7. The Morgan fingerprint density at radius 1 is 0.967 bits per heavy atom. The van der Waals surface area contributed by atoms with Crippen molar-refractivity contribution in [2.75, 3.05) is 31.1 Å². The lowest BCUT2D eigenvalue weighted by Crippen LogP contribution is -2.36. The van der Waals surface area contributed by atoms with Crippen molar-refractivity contribution >= 4 is 21.7 Å². The molecule has 0 saturated carbocycles. The summed E-state index contributed by atoms with van der Waals surface area (Å²) in [6, 6.07) is 16.0. The van der Waals surface area contributed by atoms with Crippen LogP contribution in [0.3, 0.4) is 0 Å². The van der Waals surface area contributed by atoms with E-state index >= 15 is 0 Å². The van der Waals surface area contributed by atoms with E-state index in [4.69, 9.17) is 0 Å². The van der Waals surface area contributed by atoms with Gasteiger partial charge in [0, 0.05) is 26.7 Å². The first-order valence-electron chi connectivity index (χ1n) is 10.2. The van der Waals surface area contributed by atoms with Gasteiger partial charge in [-0.05, 0) is 48.7 Å². The van der Waals surface area contributed by atoms with Gasteiger partial charge in [-0.15, -0.1) is 0 Å². The number of benzene rings is 2. The minimum absolute atomic E-state index is 0.452. The number of hydrogen-bond donors (Lipinski definition) is 3. The lowest BCUT2D eigenvalue weighted by Gasteiger charge is -2.16. The lowest BCUT2D eigenvalue weighted by molar-refractivity contribution is 0.331. The summed E-state index contributed by atoms with van der Waals surface area (Å²) in [5.74, 6) is 0.658. The summed E-state index contributed by atoms with van der Waals surface area (Å²) in [6.07, 6.45) is 3.76. The third-order valence-corrected chi connectivity index (χ3v) is 5.66. The second kappa shape index (κ2) is 10.4. The van der Waals surface area contributed by atoms with E-state index in [2.05, 4.69) is 49.5 Å². The molecule has 0 amide bonds. The van der Waals surface area contributed by atoms with Crippen LogP contribution in [0.25, 0.3) is 0 Å². The number of rotatable bonds is 8. The molecule has 2 aromatic carbocycles. The Morgan fingerprint density at radius 3 is 2.27 bits per heavy atom. The molecule has 8 heteroatoms. The van der Waals surface area contributed by atoms with E-state index in [0.717, 1.165) is 18.4 Å². The van der Waals surface area contributed by atoms with Crippen molar-refractivity contribution in [3.63, 3.8) is 0 Å².